The molecule has 156 valence electrons. The maximum Gasteiger partial charge on any atom is 0.264 e. The summed E-state index contributed by atoms with van der Waals surface area (Å²) in [5, 5.41) is 2.81. The summed E-state index contributed by atoms with van der Waals surface area (Å²) in [5.41, 5.74) is 2.06. The van der Waals surface area contributed by atoms with E-state index in [-0.39, 0.29) is 23.3 Å². The molecule has 0 aromatic heterocycles. The Morgan fingerprint density at radius 3 is 2.00 bits per heavy atom. The second-order valence-electron chi connectivity index (χ2n) is 7.50. The number of carbonyl (C=O) groups excluding carboxylic acids is 1. The molecule has 3 aromatic carbocycles. The first-order valence-corrected chi connectivity index (χ1v) is 11.3. The van der Waals surface area contributed by atoms with Crippen LogP contribution in [0.25, 0.3) is 0 Å². The van der Waals surface area contributed by atoms with E-state index in [0.29, 0.717) is 17.8 Å². The Hall–Kier alpha value is -3.12. The van der Waals surface area contributed by atoms with Crippen molar-refractivity contribution in [2.75, 3.05) is 9.62 Å². The number of para-hydroxylation sites is 1. The Morgan fingerprint density at radius 1 is 0.867 bits per heavy atom. The highest BCUT2D eigenvalue weighted by atomic mass is 32.2. The molecule has 0 aliphatic rings. The van der Waals surface area contributed by atoms with E-state index < -0.39 is 10.0 Å². The summed E-state index contributed by atoms with van der Waals surface area (Å²) < 4.78 is 28.3. The van der Waals surface area contributed by atoms with Crippen LogP contribution in [0.1, 0.15) is 25.8 Å². The van der Waals surface area contributed by atoms with Gasteiger partial charge in [-0.05, 0) is 47.9 Å². The molecule has 5 nitrogen and oxygen atoms in total. The van der Waals surface area contributed by atoms with Crippen molar-refractivity contribution >= 4 is 27.3 Å². The summed E-state index contributed by atoms with van der Waals surface area (Å²) in [5.74, 6) is 0.165. The molecule has 1 N–H and O–H groups in total. The molecule has 0 radical (unpaired) electrons. The third-order valence-corrected chi connectivity index (χ3v) is 6.32. The number of amides is 1. The Kier molecular flexibility index (Phi) is 6.90. The van der Waals surface area contributed by atoms with Gasteiger partial charge in [0.25, 0.3) is 10.0 Å². The number of sulfonamides is 1. The maximum absolute atomic E-state index is 13.5. The highest BCUT2D eigenvalue weighted by molar-refractivity contribution is 7.92. The first kappa shape index (κ1) is 21.6. The van der Waals surface area contributed by atoms with E-state index in [0.717, 1.165) is 5.56 Å². The molecule has 0 spiro atoms. The maximum atomic E-state index is 13.5. The summed E-state index contributed by atoms with van der Waals surface area (Å²) in [6.45, 7) is 4.17. The van der Waals surface area contributed by atoms with E-state index in [1.807, 2.05) is 62.4 Å². The zero-order valence-corrected chi connectivity index (χ0v) is 18.0. The molecule has 0 bridgehead atoms. The van der Waals surface area contributed by atoms with Gasteiger partial charge in [0.1, 0.15) is 0 Å². The predicted molar refractivity (Wildman–Crippen MR) is 121 cm³/mol. The highest BCUT2D eigenvalue weighted by Crippen LogP contribution is 2.26. The largest absolute Gasteiger partial charge is 0.326 e. The van der Waals surface area contributed by atoms with Gasteiger partial charge in [-0.15, -0.1) is 0 Å². The van der Waals surface area contributed by atoms with Gasteiger partial charge in [0.15, 0.2) is 0 Å². The molecule has 0 heterocycles. The van der Waals surface area contributed by atoms with Crippen LogP contribution in [0.3, 0.4) is 0 Å². The van der Waals surface area contributed by atoms with E-state index in [1.165, 1.54) is 16.4 Å². The van der Waals surface area contributed by atoms with E-state index in [2.05, 4.69) is 5.32 Å². The van der Waals surface area contributed by atoms with Crippen LogP contribution in [-0.2, 0) is 21.4 Å². The van der Waals surface area contributed by atoms with Crippen molar-refractivity contribution in [3.05, 3.63) is 90.5 Å². The Bertz CT molecular complexity index is 1060. The monoisotopic (exact) mass is 422 g/mol. The van der Waals surface area contributed by atoms with E-state index in [1.54, 1.807) is 24.3 Å². The number of benzene rings is 3. The molecule has 0 saturated carbocycles. The lowest BCUT2D eigenvalue weighted by Gasteiger charge is -2.25. The van der Waals surface area contributed by atoms with Gasteiger partial charge in [0, 0.05) is 12.1 Å². The summed E-state index contributed by atoms with van der Waals surface area (Å²) in [6, 6.07) is 24.8. The minimum Gasteiger partial charge on any atom is -0.326 e. The normalized spacial score (nSPS) is 11.3. The Morgan fingerprint density at radius 2 is 1.43 bits per heavy atom. The average Bonchev–Trinajstić information content (AvgIpc) is 2.73. The topological polar surface area (TPSA) is 66.5 Å². The lowest BCUT2D eigenvalue weighted by molar-refractivity contribution is -0.116. The predicted octanol–water partition coefficient (Wildman–Crippen LogP) is 5.07. The Balaban J connectivity index is 1.88. The van der Waals surface area contributed by atoms with E-state index >= 15 is 0 Å². The summed E-state index contributed by atoms with van der Waals surface area (Å²) in [6.07, 6.45) is 0.416. The lowest BCUT2D eigenvalue weighted by Crippen LogP contribution is -2.30. The van der Waals surface area contributed by atoms with Crippen LogP contribution < -0.4 is 9.62 Å². The fourth-order valence-electron chi connectivity index (χ4n) is 3.08. The lowest BCUT2D eigenvalue weighted by atomic mass is 10.1. The van der Waals surface area contributed by atoms with E-state index in [4.69, 9.17) is 0 Å². The number of hydrogen-bond donors (Lipinski definition) is 1. The van der Waals surface area contributed by atoms with Crippen LogP contribution >= 0.6 is 0 Å². The molecule has 3 rings (SSSR count). The number of nitrogens with one attached hydrogen (secondary N) is 1. The number of nitrogens with zero attached hydrogens (tertiary/aromatic N) is 1. The molecule has 0 saturated heterocycles. The quantitative estimate of drug-likeness (QED) is 0.551. The van der Waals surface area contributed by atoms with Crippen molar-refractivity contribution in [1.82, 2.24) is 0 Å². The molecule has 0 fully saturated rings. The second kappa shape index (κ2) is 9.59. The van der Waals surface area contributed by atoms with Crippen LogP contribution in [0.5, 0.6) is 0 Å². The minimum atomic E-state index is -3.80. The van der Waals surface area contributed by atoms with Gasteiger partial charge in [-0.3, -0.25) is 9.10 Å². The van der Waals surface area contributed by atoms with Gasteiger partial charge in [0.2, 0.25) is 5.91 Å². The van der Waals surface area contributed by atoms with Crippen LogP contribution in [0.4, 0.5) is 11.4 Å². The van der Waals surface area contributed by atoms with Gasteiger partial charge < -0.3 is 5.32 Å². The van der Waals surface area contributed by atoms with Gasteiger partial charge in [-0.25, -0.2) is 8.42 Å². The number of anilines is 2. The molecule has 0 aliphatic carbocycles. The fraction of sp³-hybridized carbons (Fsp3) is 0.208. The van der Waals surface area contributed by atoms with Gasteiger partial charge in [-0.1, -0.05) is 62.4 Å². The molecule has 6 heteroatoms. The molecular weight excluding hydrogens is 396 g/mol. The number of hydrogen-bond acceptors (Lipinski definition) is 3. The van der Waals surface area contributed by atoms with Crippen molar-refractivity contribution in [3.8, 4) is 0 Å². The third kappa shape index (κ3) is 5.48. The standard InChI is InChI=1S/C24H26N2O3S/c1-19(2)17-24(27)25-21-13-15-23(16-14-21)30(28,29)26(22-11-7-4-8-12-22)18-20-9-5-3-6-10-20/h3-16,19H,17-18H2,1-2H3,(H,25,27). The fourth-order valence-corrected chi connectivity index (χ4v) is 4.53. The molecule has 0 unspecified atom stereocenters. The molecule has 0 atom stereocenters. The molecule has 1 amide bonds. The SMILES string of the molecule is CC(C)CC(=O)Nc1ccc(S(=O)(=O)N(Cc2ccccc2)c2ccccc2)cc1. The molecule has 3 aromatic rings. The van der Waals surface area contributed by atoms with Crippen LogP contribution in [0, 0.1) is 5.92 Å². The summed E-state index contributed by atoms with van der Waals surface area (Å²) in [7, 11) is -3.80. The smallest absolute Gasteiger partial charge is 0.264 e. The third-order valence-electron chi connectivity index (χ3n) is 4.53. The second-order valence-corrected chi connectivity index (χ2v) is 9.37. The molecular formula is C24H26N2O3S. The first-order valence-electron chi connectivity index (χ1n) is 9.88. The summed E-state index contributed by atoms with van der Waals surface area (Å²) >= 11 is 0. The Labute approximate surface area is 178 Å². The average molecular weight is 423 g/mol. The molecule has 0 aliphatic heterocycles. The zero-order valence-electron chi connectivity index (χ0n) is 17.2. The number of rotatable bonds is 8. The van der Waals surface area contributed by atoms with E-state index in [9.17, 15) is 13.2 Å². The van der Waals surface area contributed by atoms with Crippen molar-refractivity contribution in [2.45, 2.75) is 31.7 Å². The van der Waals surface area contributed by atoms with Crippen LogP contribution in [0.2, 0.25) is 0 Å². The van der Waals surface area contributed by atoms with Gasteiger partial charge >= 0.3 is 0 Å². The summed E-state index contributed by atoms with van der Waals surface area (Å²) in [4.78, 5) is 12.1. The first-order chi connectivity index (χ1) is 14.4. The highest BCUT2D eigenvalue weighted by Gasteiger charge is 2.25. The number of carbonyl (C=O) groups is 1. The van der Waals surface area contributed by atoms with Gasteiger partial charge in [0.05, 0.1) is 17.1 Å². The molecule has 30 heavy (non-hydrogen) atoms. The van der Waals surface area contributed by atoms with Crippen molar-refractivity contribution < 1.29 is 13.2 Å². The zero-order chi connectivity index (χ0) is 21.6. The van der Waals surface area contributed by atoms with Crippen molar-refractivity contribution in [3.63, 3.8) is 0 Å². The minimum absolute atomic E-state index is 0.0874. The van der Waals surface area contributed by atoms with Crippen molar-refractivity contribution in [2.24, 2.45) is 5.92 Å². The van der Waals surface area contributed by atoms with Crippen LogP contribution in [0.15, 0.2) is 89.8 Å². The van der Waals surface area contributed by atoms with Gasteiger partial charge in [-0.2, -0.15) is 0 Å². The van der Waals surface area contributed by atoms with Crippen LogP contribution in [-0.4, -0.2) is 14.3 Å². The van der Waals surface area contributed by atoms with Crippen molar-refractivity contribution in [1.29, 1.82) is 0 Å².